The third-order valence-corrected chi connectivity index (χ3v) is 6.27. The lowest BCUT2D eigenvalue weighted by Gasteiger charge is -2.23. The van der Waals surface area contributed by atoms with Crippen molar-refractivity contribution < 1.29 is 14.4 Å². The van der Waals surface area contributed by atoms with E-state index in [0.717, 1.165) is 22.5 Å². The highest BCUT2D eigenvalue weighted by Crippen LogP contribution is 2.36. The van der Waals surface area contributed by atoms with Gasteiger partial charge in [0.1, 0.15) is 11.6 Å². The highest BCUT2D eigenvalue weighted by molar-refractivity contribution is 5.97. The van der Waals surface area contributed by atoms with E-state index in [1.54, 1.807) is 30.5 Å². The molecule has 0 N–H and O–H groups in total. The fraction of sp³-hybridized carbons (Fsp3) is 0.194. The summed E-state index contributed by atoms with van der Waals surface area (Å²) in [6.45, 7) is 3.15. The van der Waals surface area contributed by atoms with Crippen LogP contribution in [0.3, 0.4) is 0 Å². The van der Waals surface area contributed by atoms with E-state index in [4.69, 9.17) is 0 Å². The Bertz CT molecular complexity index is 1230. The van der Waals surface area contributed by atoms with Gasteiger partial charge in [-0.1, -0.05) is 78.9 Å². The largest absolute Gasteiger partial charge is 0.300 e. The first-order chi connectivity index (χ1) is 17.0. The Kier molecular flexibility index (Phi) is 7.51. The van der Waals surface area contributed by atoms with Gasteiger partial charge in [0.2, 0.25) is 0 Å². The summed E-state index contributed by atoms with van der Waals surface area (Å²) in [5.74, 6) is -0.658. The molecule has 0 radical (unpaired) electrons. The maximum Gasteiger partial charge on any atom is 0.262 e. The molecule has 4 aromatic rings. The van der Waals surface area contributed by atoms with E-state index < -0.39 is 0 Å². The molecule has 1 aromatic heterocycles. The highest BCUT2D eigenvalue weighted by atomic mass is 16.2. The molecule has 3 aromatic carbocycles. The fourth-order valence-corrected chi connectivity index (χ4v) is 4.69. The van der Waals surface area contributed by atoms with Crippen LogP contribution in [-0.4, -0.2) is 22.0 Å². The van der Waals surface area contributed by atoms with Crippen LogP contribution >= 0.6 is 0 Å². The number of benzene rings is 3. The molecule has 176 valence electrons. The summed E-state index contributed by atoms with van der Waals surface area (Å²) in [5, 5.41) is 0. The van der Waals surface area contributed by atoms with Gasteiger partial charge in [-0.05, 0) is 49.2 Å². The molecule has 4 nitrogen and oxygen atoms in total. The Morgan fingerprint density at radius 3 is 1.31 bits per heavy atom. The number of hydrogen-bond donors (Lipinski definition) is 0. The predicted molar refractivity (Wildman–Crippen MR) is 138 cm³/mol. The number of hydrogen-bond acceptors (Lipinski definition) is 3. The van der Waals surface area contributed by atoms with Crippen molar-refractivity contribution in [3.05, 3.63) is 131 Å². The molecule has 0 saturated carbocycles. The van der Waals surface area contributed by atoms with Crippen molar-refractivity contribution in [2.45, 2.75) is 38.5 Å². The van der Waals surface area contributed by atoms with Gasteiger partial charge in [0.15, 0.2) is 0 Å². The van der Waals surface area contributed by atoms with Gasteiger partial charge in [-0.15, -0.1) is 0 Å². The summed E-state index contributed by atoms with van der Waals surface area (Å²) in [7, 11) is 0. The molecule has 0 fully saturated rings. The number of nitrogens with zero attached hydrogens (tertiary/aromatic N) is 1. The average molecular weight is 464 g/mol. The van der Waals surface area contributed by atoms with E-state index in [9.17, 15) is 14.4 Å². The molecule has 0 spiro atoms. The number of aromatic nitrogens is 1. The Balaban J connectivity index is 1.95. The minimum atomic E-state index is -0.288. The van der Waals surface area contributed by atoms with Crippen molar-refractivity contribution in [2.24, 2.45) is 0 Å². The predicted octanol–water partition coefficient (Wildman–Crippen LogP) is 6.40. The van der Waals surface area contributed by atoms with E-state index in [2.05, 4.69) is 0 Å². The van der Waals surface area contributed by atoms with Crippen LogP contribution in [0, 0.1) is 0 Å². The van der Waals surface area contributed by atoms with Crippen LogP contribution in [0.15, 0.2) is 103 Å². The van der Waals surface area contributed by atoms with Crippen molar-refractivity contribution in [1.82, 2.24) is 4.57 Å². The minimum absolute atomic E-state index is 0.0451. The van der Waals surface area contributed by atoms with Crippen molar-refractivity contribution in [1.29, 1.82) is 0 Å². The van der Waals surface area contributed by atoms with Crippen LogP contribution in [-0.2, 0) is 9.59 Å². The van der Waals surface area contributed by atoms with Gasteiger partial charge < -0.3 is 0 Å². The third kappa shape index (κ3) is 5.55. The Hall–Kier alpha value is -4.05. The van der Waals surface area contributed by atoms with Gasteiger partial charge in [-0.25, -0.2) is 0 Å². The van der Waals surface area contributed by atoms with Crippen molar-refractivity contribution >= 4 is 17.5 Å². The Morgan fingerprint density at radius 2 is 0.943 bits per heavy atom. The first-order valence-corrected chi connectivity index (χ1v) is 11.9. The molecular formula is C31H29NO3. The minimum Gasteiger partial charge on any atom is -0.300 e. The van der Waals surface area contributed by atoms with Gasteiger partial charge in [0.25, 0.3) is 5.91 Å². The Morgan fingerprint density at radius 1 is 0.571 bits per heavy atom. The molecule has 4 heteroatoms. The molecule has 1 heterocycles. The molecule has 0 aliphatic carbocycles. The number of carbonyl (C=O) groups excluding carboxylic acids is 3. The average Bonchev–Trinajstić information content (AvgIpc) is 3.31. The third-order valence-electron chi connectivity index (χ3n) is 6.27. The first kappa shape index (κ1) is 24.1. The fourth-order valence-electron chi connectivity index (χ4n) is 4.69. The van der Waals surface area contributed by atoms with E-state index in [1.165, 1.54) is 0 Å². The van der Waals surface area contributed by atoms with Crippen LogP contribution in [0.1, 0.15) is 71.4 Å². The molecule has 35 heavy (non-hydrogen) atoms. The summed E-state index contributed by atoms with van der Waals surface area (Å²) >= 11 is 0. The maximum atomic E-state index is 14.0. The smallest absolute Gasteiger partial charge is 0.262 e. The first-order valence-electron chi connectivity index (χ1n) is 11.9. The second-order valence-electron chi connectivity index (χ2n) is 8.93. The van der Waals surface area contributed by atoms with Crippen molar-refractivity contribution in [2.75, 3.05) is 0 Å². The molecular weight excluding hydrogens is 434 g/mol. The standard InChI is InChI=1S/C31H29NO3/c1-22(33)20-27(24-12-6-3-7-13-24)29-18-19-30(32(29)31(35)26-16-10-5-11-17-26)28(21-23(2)34)25-14-8-4-9-15-25/h3-19,27-28H,20-21H2,1-2H3. The summed E-state index contributed by atoms with van der Waals surface area (Å²) in [5.41, 5.74) is 3.99. The summed E-state index contributed by atoms with van der Waals surface area (Å²) < 4.78 is 1.73. The van der Waals surface area contributed by atoms with Crippen LogP contribution in [0.25, 0.3) is 0 Å². The van der Waals surface area contributed by atoms with Crippen LogP contribution in [0.4, 0.5) is 0 Å². The number of Topliss-reactive ketones (excluding diaryl/α,β-unsaturated/α-hetero) is 2. The number of rotatable bonds is 9. The van der Waals surface area contributed by atoms with E-state index in [-0.39, 0.29) is 42.2 Å². The van der Waals surface area contributed by atoms with E-state index in [0.29, 0.717) is 5.56 Å². The number of ketones is 2. The second-order valence-corrected chi connectivity index (χ2v) is 8.93. The lowest BCUT2D eigenvalue weighted by atomic mass is 9.90. The van der Waals surface area contributed by atoms with Crippen molar-refractivity contribution in [3.8, 4) is 0 Å². The lowest BCUT2D eigenvalue weighted by molar-refractivity contribution is -0.118. The molecule has 0 amide bonds. The molecule has 2 unspecified atom stereocenters. The van der Waals surface area contributed by atoms with Crippen molar-refractivity contribution in [3.63, 3.8) is 0 Å². The van der Waals surface area contributed by atoms with E-state index in [1.807, 2.05) is 91.0 Å². The molecule has 0 bridgehead atoms. The highest BCUT2D eigenvalue weighted by Gasteiger charge is 2.29. The van der Waals surface area contributed by atoms with Gasteiger partial charge in [0.05, 0.1) is 0 Å². The SMILES string of the molecule is CC(=O)CC(c1ccccc1)c1ccc(C(CC(C)=O)c2ccccc2)n1C(=O)c1ccccc1. The summed E-state index contributed by atoms with van der Waals surface area (Å²) in [4.78, 5) is 38.6. The summed E-state index contributed by atoms with van der Waals surface area (Å²) in [6, 6.07) is 32.6. The molecule has 4 rings (SSSR count). The molecule has 0 aliphatic rings. The van der Waals surface area contributed by atoms with Crippen LogP contribution in [0.2, 0.25) is 0 Å². The molecule has 0 aliphatic heterocycles. The second kappa shape index (κ2) is 10.9. The topological polar surface area (TPSA) is 56.1 Å². The maximum absolute atomic E-state index is 14.0. The van der Waals surface area contributed by atoms with Gasteiger partial charge >= 0.3 is 0 Å². The quantitative estimate of drug-likeness (QED) is 0.289. The van der Waals surface area contributed by atoms with Crippen LogP contribution < -0.4 is 0 Å². The lowest BCUT2D eigenvalue weighted by Crippen LogP contribution is -2.23. The zero-order valence-corrected chi connectivity index (χ0v) is 20.1. The van der Waals surface area contributed by atoms with Gasteiger partial charge in [-0.3, -0.25) is 19.0 Å². The van der Waals surface area contributed by atoms with Gasteiger partial charge in [0, 0.05) is 41.6 Å². The molecule has 0 saturated heterocycles. The molecule has 2 atom stereocenters. The normalized spacial score (nSPS) is 12.6. The Labute approximate surface area is 206 Å². The zero-order valence-electron chi connectivity index (χ0n) is 20.1. The zero-order chi connectivity index (χ0) is 24.8. The van der Waals surface area contributed by atoms with Crippen LogP contribution in [0.5, 0.6) is 0 Å². The van der Waals surface area contributed by atoms with E-state index >= 15 is 0 Å². The summed E-state index contributed by atoms with van der Waals surface area (Å²) in [6.07, 6.45) is 0.552. The van der Waals surface area contributed by atoms with Gasteiger partial charge in [-0.2, -0.15) is 0 Å². The number of carbonyl (C=O) groups is 3. The monoisotopic (exact) mass is 463 g/mol.